The van der Waals surface area contributed by atoms with Crippen molar-refractivity contribution >= 4 is 23.7 Å². The van der Waals surface area contributed by atoms with Crippen LogP contribution in [0.4, 0.5) is 0 Å². The summed E-state index contributed by atoms with van der Waals surface area (Å²) in [7, 11) is 0. The van der Waals surface area contributed by atoms with Gasteiger partial charge in [-0.2, -0.15) is 0 Å². The van der Waals surface area contributed by atoms with Gasteiger partial charge in [0, 0.05) is 18.2 Å². The number of benzene rings is 1. The number of carbonyl (C=O) groups excluding carboxylic acids is 4. The van der Waals surface area contributed by atoms with Crippen LogP contribution in [0.15, 0.2) is 24.3 Å². The molecule has 0 spiro atoms. The molecule has 7 nitrogen and oxygen atoms in total. The van der Waals surface area contributed by atoms with E-state index in [4.69, 9.17) is 4.74 Å². The molecule has 26 heavy (non-hydrogen) atoms. The SMILES string of the molecule is CCC(CC)NC(=O)COC(=O)CCN1C(=O)Cc2ccccc2C1=O. The van der Waals surface area contributed by atoms with E-state index in [1.54, 1.807) is 24.3 Å². The molecule has 2 rings (SSSR count). The fourth-order valence-electron chi connectivity index (χ4n) is 2.81. The maximum absolute atomic E-state index is 12.4. The van der Waals surface area contributed by atoms with E-state index in [0.29, 0.717) is 11.1 Å². The lowest BCUT2D eigenvalue weighted by Crippen LogP contribution is -2.43. The van der Waals surface area contributed by atoms with Gasteiger partial charge in [-0.15, -0.1) is 0 Å². The first-order valence-electron chi connectivity index (χ1n) is 8.83. The molecule has 140 valence electrons. The largest absolute Gasteiger partial charge is 0.456 e. The molecule has 0 saturated carbocycles. The van der Waals surface area contributed by atoms with Crippen LogP contribution in [0.3, 0.4) is 0 Å². The molecular weight excluding hydrogens is 336 g/mol. The fraction of sp³-hybridized carbons (Fsp3) is 0.474. The van der Waals surface area contributed by atoms with Crippen LogP contribution in [-0.4, -0.2) is 47.8 Å². The molecule has 0 radical (unpaired) electrons. The van der Waals surface area contributed by atoms with Gasteiger partial charge in [-0.25, -0.2) is 0 Å². The molecule has 0 unspecified atom stereocenters. The average molecular weight is 360 g/mol. The standard InChI is InChI=1S/C19H24N2O5/c1-3-14(4-2)20-16(22)12-26-18(24)9-10-21-17(23)11-13-7-5-6-8-15(13)19(21)25/h5-8,14H,3-4,9-12H2,1-2H3,(H,20,22). The van der Waals surface area contributed by atoms with Gasteiger partial charge in [0.25, 0.3) is 11.8 Å². The molecule has 1 heterocycles. The third-order valence-corrected chi connectivity index (χ3v) is 4.39. The molecule has 3 amide bonds. The normalized spacial score (nSPS) is 13.6. The highest BCUT2D eigenvalue weighted by Crippen LogP contribution is 2.19. The van der Waals surface area contributed by atoms with E-state index in [0.717, 1.165) is 17.7 Å². The molecule has 0 aromatic heterocycles. The molecule has 1 aliphatic rings. The number of esters is 1. The Hall–Kier alpha value is -2.70. The highest BCUT2D eigenvalue weighted by molar-refractivity contribution is 6.09. The van der Waals surface area contributed by atoms with Crippen molar-refractivity contribution in [3.8, 4) is 0 Å². The van der Waals surface area contributed by atoms with Gasteiger partial charge in [-0.05, 0) is 24.5 Å². The fourth-order valence-corrected chi connectivity index (χ4v) is 2.81. The van der Waals surface area contributed by atoms with E-state index in [2.05, 4.69) is 5.32 Å². The summed E-state index contributed by atoms with van der Waals surface area (Å²) in [5.74, 6) is -1.72. The summed E-state index contributed by atoms with van der Waals surface area (Å²) in [4.78, 5) is 49.1. The summed E-state index contributed by atoms with van der Waals surface area (Å²) >= 11 is 0. The van der Waals surface area contributed by atoms with Gasteiger partial charge in [0.05, 0.1) is 12.8 Å². The molecule has 1 N–H and O–H groups in total. The maximum atomic E-state index is 12.4. The molecular formula is C19H24N2O5. The Morgan fingerprint density at radius 1 is 1.19 bits per heavy atom. The Kier molecular flexibility index (Phi) is 6.89. The number of nitrogens with one attached hydrogen (secondary N) is 1. The first-order chi connectivity index (χ1) is 12.5. The van der Waals surface area contributed by atoms with Crippen LogP contribution in [0.5, 0.6) is 0 Å². The quantitative estimate of drug-likeness (QED) is 0.559. The van der Waals surface area contributed by atoms with Crippen LogP contribution in [0.1, 0.15) is 49.0 Å². The Bertz CT molecular complexity index is 697. The maximum Gasteiger partial charge on any atom is 0.308 e. The first kappa shape index (κ1) is 19.6. The van der Waals surface area contributed by atoms with Crippen LogP contribution >= 0.6 is 0 Å². The average Bonchev–Trinajstić information content (AvgIpc) is 2.64. The Labute approximate surface area is 152 Å². The highest BCUT2D eigenvalue weighted by Gasteiger charge is 2.30. The van der Waals surface area contributed by atoms with Crippen molar-refractivity contribution in [2.24, 2.45) is 0 Å². The van der Waals surface area contributed by atoms with Crippen molar-refractivity contribution in [2.45, 2.75) is 45.6 Å². The zero-order valence-electron chi connectivity index (χ0n) is 15.1. The van der Waals surface area contributed by atoms with E-state index in [1.807, 2.05) is 13.8 Å². The zero-order valence-corrected chi connectivity index (χ0v) is 15.1. The third kappa shape index (κ3) is 4.91. The second-order valence-corrected chi connectivity index (χ2v) is 6.18. The molecule has 0 aliphatic carbocycles. The van der Waals surface area contributed by atoms with E-state index < -0.39 is 11.9 Å². The second-order valence-electron chi connectivity index (χ2n) is 6.18. The van der Waals surface area contributed by atoms with E-state index in [-0.39, 0.29) is 43.8 Å². The minimum absolute atomic E-state index is 0.0565. The molecule has 7 heteroatoms. The molecule has 0 atom stereocenters. The molecule has 0 saturated heterocycles. The number of hydrogen-bond acceptors (Lipinski definition) is 5. The minimum Gasteiger partial charge on any atom is -0.456 e. The number of ether oxygens (including phenoxy) is 1. The second kappa shape index (κ2) is 9.12. The van der Waals surface area contributed by atoms with Crippen LogP contribution in [-0.2, 0) is 25.5 Å². The van der Waals surface area contributed by atoms with E-state index >= 15 is 0 Å². The van der Waals surface area contributed by atoms with Crippen molar-refractivity contribution in [1.29, 1.82) is 0 Å². The number of imide groups is 1. The summed E-state index contributed by atoms with van der Waals surface area (Å²) in [6.45, 7) is 3.51. The Morgan fingerprint density at radius 3 is 2.58 bits per heavy atom. The van der Waals surface area contributed by atoms with Crippen LogP contribution in [0.2, 0.25) is 0 Å². The monoisotopic (exact) mass is 360 g/mol. The van der Waals surface area contributed by atoms with Crippen LogP contribution in [0, 0.1) is 0 Å². The van der Waals surface area contributed by atoms with Gasteiger partial charge < -0.3 is 10.1 Å². The Morgan fingerprint density at radius 2 is 1.88 bits per heavy atom. The summed E-state index contributed by atoms with van der Waals surface area (Å²) in [5.41, 5.74) is 1.17. The zero-order chi connectivity index (χ0) is 19.1. The van der Waals surface area contributed by atoms with Gasteiger partial charge in [0.1, 0.15) is 0 Å². The van der Waals surface area contributed by atoms with Gasteiger partial charge in [-0.1, -0.05) is 32.0 Å². The summed E-state index contributed by atoms with van der Waals surface area (Å²) < 4.78 is 4.92. The lowest BCUT2D eigenvalue weighted by atomic mass is 9.98. The molecule has 1 aromatic carbocycles. The number of carbonyl (C=O) groups is 4. The van der Waals surface area contributed by atoms with Crippen LogP contribution in [0.25, 0.3) is 0 Å². The number of amides is 3. The first-order valence-corrected chi connectivity index (χ1v) is 8.83. The van der Waals surface area contributed by atoms with Gasteiger partial charge >= 0.3 is 5.97 Å². The van der Waals surface area contributed by atoms with Gasteiger partial charge in [0.2, 0.25) is 5.91 Å². The minimum atomic E-state index is -0.621. The van der Waals surface area contributed by atoms with Crippen LogP contribution < -0.4 is 5.32 Å². The predicted molar refractivity (Wildman–Crippen MR) is 94.3 cm³/mol. The summed E-state index contributed by atoms with van der Waals surface area (Å²) in [5, 5.41) is 2.77. The number of nitrogens with zero attached hydrogens (tertiary/aromatic N) is 1. The topological polar surface area (TPSA) is 92.8 Å². The lowest BCUT2D eigenvalue weighted by molar-refractivity contribution is -0.149. The number of fused-ring (bicyclic) bond motifs is 1. The molecule has 0 bridgehead atoms. The van der Waals surface area contributed by atoms with Crippen molar-refractivity contribution in [1.82, 2.24) is 10.2 Å². The highest BCUT2D eigenvalue weighted by atomic mass is 16.5. The molecule has 0 fully saturated rings. The predicted octanol–water partition coefficient (Wildman–Crippen LogP) is 1.45. The van der Waals surface area contributed by atoms with E-state index in [1.165, 1.54) is 0 Å². The van der Waals surface area contributed by atoms with Crippen molar-refractivity contribution in [2.75, 3.05) is 13.2 Å². The Balaban J connectivity index is 1.81. The summed E-state index contributed by atoms with van der Waals surface area (Å²) in [6, 6.07) is 6.98. The van der Waals surface area contributed by atoms with Crippen molar-refractivity contribution in [3.05, 3.63) is 35.4 Å². The number of rotatable bonds is 8. The van der Waals surface area contributed by atoms with Crippen molar-refractivity contribution in [3.63, 3.8) is 0 Å². The third-order valence-electron chi connectivity index (χ3n) is 4.39. The van der Waals surface area contributed by atoms with Gasteiger partial charge in [0.15, 0.2) is 6.61 Å². The van der Waals surface area contributed by atoms with E-state index in [9.17, 15) is 19.2 Å². The van der Waals surface area contributed by atoms with Gasteiger partial charge in [-0.3, -0.25) is 24.1 Å². The molecule has 1 aromatic rings. The molecule has 1 aliphatic heterocycles. The summed E-state index contributed by atoms with van der Waals surface area (Å²) in [6.07, 6.45) is 1.60. The number of hydrogen-bond donors (Lipinski definition) is 1. The lowest BCUT2D eigenvalue weighted by Gasteiger charge is -2.26. The van der Waals surface area contributed by atoms with Crippen molar-refractivity contribution < 1.29 is 23.9 Å². The smallest absolute Gasteiger partial charge is 0.308 e.